The van der Waals surface area contributed by atoms with E-state index in [1.54, 1.807) is 24.3 Å². The summed E-state index contributed by atoms with van der Waals surface area (Å²) in [6, 6.07) is 8.77. The molecular formula is C19H18N4O5. The molecule has 2 aromatic rings. The van der Waals surface area contributed by atoms with Crippen LogP contribution in [0.1, 0.15) is 37.9 Å². The molecule has 1 aromatic heterocycles. The molecular weight excluding hydrogens is 364 g/mol. The number of carbonyl (C=O) groups excluding carboxylic acids is 2. The minimum atomic E-state index is -0.820. The Balaban J connectivity index is 1.49. The second-order valence-electron chi connectivity index (χ2n) is 6.94. The van der Waals surface area contributed by atoms with E-state index in [-0.39, 0.29) is 11.6 Å². The summed E-state index contributed by atoms with van der Waals surface area (Å²) < 4.78 is 5.65. The summed E-state index contributed by atoms with van der Waals surface area (Å²) in [5, 5.41) is 18.4. The van der Waals surface area contributed by atoms with Crippen LogP contribution in [-0.2, 0) is 4.79 Å². The summed E-state index contributed by atoms with van der Waals surface area (Å²) in [4.78, 5) is 35.1. The number of amides is 3. The fourth-order valence-corrected chi connectivity index (χ4v) is 3.64. The van der Waals surface area contributed by atoms with E-state index < -0.39 is 16.5 Å². The molecule has 2 heterocycles. The van der Waals surface area contributed by atoms with E-state index in [1.165, 1.54) is 18.3 Å². The molecule has 3 amide bonds. The number of hydrogen-bond donors (Lipinski definition) is 1. The lowest BCUT2D eigenvalue weighted by atomic mass is 9.82. The van der Waals surface area contributed by atoms with Crippen LogP contribution in [0.3, 0.4) is 0 Å². The van der Waals surface area contributed by atoms with Gasteiger partial charge in [0, 0.05) is 17.7 Å². The van der Waals surface area contributed by atoms with Crippen LogP contribution in [0.25, 0.3) is 11.3 Å². The Labute approximate surface area is 160 Å². The van der Waals surface area contributed by atoms with Gasteiger partial charge in [0.25, 0.3) is 11.6 Å². The molecule has 1 aromatic carbocycles. The summed E-state index contributed by atoms with van der Waals surface area (Å²) in [5.41, 5.74) is -0.159. The summed E-state index contributed by atoms with van der Waals surface area (Å²) in [6.07, 6.45) is 5.45. The fourth-order valence-electron chi connectivity index (χ4n) is 3.64. The molecule has 9 heteroatoms. The second kappa shape index (κ2) is 6.91. The number of nitro groups is 1. The lowest BCUT2D eigenvalue weighted by Crippen LogP contribution is -2.48. The predicted octanol–water partition coefficient (Wildman–Crippen LogP) is 3.44. The maximum absolute atomic E-state index is 12.7. The van der Waals surface area contributed by atoms with Gasteiger partial charge in [0.2, 0.25) is 0 Å². The number of nitrogens with one attached hydrogen (secondary N) is 1. The van der Waals surface area contributed by atoms with Crippen LogP contribution in [0.15, 0.2) is 45.9 Å². The molecule has 2 fully saturated rings. The zero-order valence-corrected chi connectivity index (χ0v) is 15.0. The number of urea groups is 1. The first-order valence-electron chi connectivity index (χ1n) is 9.04. The topological polar surface area (TPSA) is 118 Å². The standard InChI is InChI=1S/C19H18N4O5/c24-17-19(10-2-1-3-11-19)21-18(25)22(17)20-12-15-8-9-16(28-15)13-4-6-14(7-5-13)23(26)27/h4-9,12H,1-3,10-11H2,(H,21,25). The lowest BCUT2D eigenvalue weighted by Gasteiger charge is -2.29. The van der Waals surface area contributed by atoms with Crippen LogP contribution in [-0.4, -0.2) is 33.6 Å². The minimum Gasteiger partial charge on any atom is -0.455 e. The summed E-state index contributed by atoms with van der Waals surface area (Å²) in [5.74, 6) is 0.534. The van der Waals surface area contributed by atoms with E-state index in [2.05, 4.69) is 10.4 Å². The van der Waals surface area contributed by atoms with E-state index in [1.807, 2.05) is 0 Å². The number of rotatable bonds is 4. The van der Waals surface area contributed by atoms with Crippen molar-refractivity contribution in [2.45, 2.75) is 37.6 Å². The Morgan fingerprint density at radius 1 is 1.11 bits per heavy atom. The van der Waals surface area contributed by atoms with Crippen molar-refractivity contribution in [2.24, 2.45) is 5.10 Å². The molecule has 1 saturated heterocycles. The maximum Gasteiger partial charge on any atom is 0.346 e. The highest BCUT2D eigenvalue weighted by molar-refractivity contribution is 6.07. The molecule has 1 aliphatic heterocycles. The first-order chi connectivity index (χ1) is 13.5. The number of furan rings is 1. The van der Waals surface area contributed by atoms with Gasteiger partial charge in [0.15, 0.2) is 0 Å². The number of nitrogens with zero attached hydrogens (tertiary/aromatic N) is 3. The number of hydrogen-bond acceptors (Lipinski definition) is 6. The quantitative estimate of drug-likeness (QED) is 0.376. The molecule has 0 bridgehead atoms. The van der Waals surface area contributed by atoms with Crippen molar-refractivity contribution in [3.63, 3.8) is 0 Å². The zero-order valence-electron chi connectivity index (χ0n) is 15.0. The van der Waals surface area contributed by atoms with Crippen molar-refractivity contribution in [3.8, 4) is 11.3 Å². The molecule has 9 nitrogen and oxygen atoms in total. The Kier molecular flexibility index (Phi) is 4.42. The molecule has 1 spiro atoms. The van der Waals surface area contributed by atoms with Crippen molar-refractivity contribution in [1.29, 1.82) is 0 Å². The van der Waals surface area contributed by atoms with Crippen molar-refractivity contribution in [3.05, 3.63) is 52.3 Å². The zero-order chi connectivity index (χ0) is 19.7. The van der Waals surface area contributed by atoms with Gasteiger partial charge < -0.3 is 9.73 Å². The van der Waals surface area contributed by atoms with Crippen molar-refractivity contribution < 1.29 is 18.9 Å². The van der Waals surface area contributed by atoms with Gasteiger partial charge in [0.1, 0.15) is 17.1 Å². The third kappa shape index (κ3) is 3.15. The molecule has 0 unspecified atom stereocenters. The summed E-state index contributed by atoms with van der Waals surface area (Å²) >= 11 is 0. The Bertz CT molecular complexity index is 957. The third-order valence-corrected chi connectivity index (χ3v) is 5.14. The molecule has 4 rings (SSSR count). The van der Waals surface area contributed by atoms with Gasteiger partial charge in [-0.25, -0.2) is 4.79 Å². The SMILES string of the molecule is O=C1NC2(CCCCC2)C(=O)N1N=Cc1ccc(-c2ccc([N+](=O)[O-])cc2)o1. The summed E-state index contributed by atoms with van der Waals surface area (Å²) in [7, 11) is 0. The van der Waals surface area contributed by atoms with E-state index in [9.17, 15) is 19.7 Å². The van der Waals surface area contributed by atoms with E-state index in [0.29, 0.717) is 29.9 Å². The largest absolute Gasteiger partial charge is 0.455 e. The predicted molar refractivity (Wildman–Crippen MR) is 99.6 cm³/mol. The van der Waals surface area contributed by atoms with Crippen molar-refractivity contribution >= 4 is 23.8 Å². The van der Waals surface area contributed by atoms with Crippen LogP contribution in [0.2, 0.25) is 0 Å². The van der Waals surface area contributed by atoms with Crippen molar-refractivity contribution in [1.82, 2.24) is 10.3 Å². The first-order valence-corrected chi connectivity index (χ1v) is 9.04. The molecule has 1 aliphatic carbocycles. The van der Waals surface area contributed by atoms with Gasteiger partial charge in [-0.1, -0.05) is 19.3 Å². The van der Waals surface area contributed by atoms with Gasteiger partial charge in [-0.05, 0) is 37.1 Å². The Hall–Kier alpha value is -3.49. The minimum absolute atomic E-state index is 0.00714. The Morgan fingerprint density at radius 2 is 1.82 bits per heavy atom. The number of imide groups is 1. The van der Waals surface area contributed by atoms with Gasteiger partial charge in [-0.3, -0.25) is 14.9 Å². The maximum atomic E-state index is 12.7. The van der Waals surface area contributed by atoms with Gasteiger partial charge in [-0.2, -0.15) is 5.10 Å². The highest BCUT2D eigenvalue weighted by Crippen LogP contribution is 2.33. The highest BCUT2D eigenvalue weighted by Gasteiger charge is 2.51. The van der Waals surface area contributed by atoms with Crippen LogP contribution in [0.5, 0.6) is 0 Å². The monoisotopic (exact) mass is 382 g/mol. The molecule has 28 heavy (non-hydrogen) atoms. The van der Waals surface area contributed by atoms with Crippen LogP contribution in [0, 0.1) is 10.1 Å². The van der Waals surface area contributed by atoms with Crippen molar-refractivity contribution in [2.75, 3.05) is 0 Å². The smallest absolute Gasteiger partial charge is 0.346 e. The van der Waals surface area contributed by atoms with Gasteiger partial charge >= 0.3 is 6.03 Å². The van der Waals surface area contributed by atoms with Gasteiger partial charge in [-0.15, -0.1) is 5.01 Å². The first kappa shape index (κ1) is 17.9. The molecule has 144 valence electrons. The second-order valence-corrected chi connectivity index (χ2v) is 6.94. The summed E-state index contributed by atoms with van der Waals surface area (Å²) in [6.45, 7) is 0. The van der Waals surface area contributed by atoms with Crippen LogP contribution < -0.4 is 5.32 Å². The molecule has 0 radical (unpaired) electrons. The number of benzene rings is 1. The third-order valence-electron chi connectivity index (χ3n) is 5.14. The molecule has 1 saturated carbocycles. The normalized spacial score (nSPS) is 18.8. The Morgan fingerprint density at radius 3 is 2.50 bits per heavy atom. The van der Waals surface area contributed by atoms with Crippen LogP contribution in [0.4, 0.5) is 10.5 Å². The number of non-ortho nitro benzene ring substituents is 1. The number of nitro benzene ring substituents is 1. The molecule has 1 N–H and O–H groups in total. The van der Waals surface area contributed by atoms with E-state index in [0.717, 1.165) is 24.3 Å². The van der Waals surface area contributed by atoms with Crippen LogP contribution >= 0.6 is 0 Å². The highest BCUT2D eigenvalue weighted by atomic mass is 16.6. The molecule has 2 aliphatic rings. The van der Waals surface area contributed by atoms with Gasteiger partial charge in [0.05, 0.1) is 11.1 Å². The average molecular weight is 382 g/mol. The molecule has 0 atom stereocenters. The number of carbonyl (C=O) groups is 2. The average Bonchev–Trinajstić information content (AvgIpc) is 3.25. The van der Waals surface area contributed by atoms with E-state index in [4.69, 9.17) is 4.42 Å². The van der Waals surface area contributed by atoms with E-state index >= 15 is 0 Å². The lowest BCUT2D eigenvalue weighted by molar-refractivity contribution is -0.384. The number of hydrazone groups is 1. The fraction of sp³-hybridized carbons (Fsp3) is 0.316.